The molecule has 0 aromatic carbocycles. The molecule has 122 valence electrons. The van der Waals surface area contributed by atoms with Crippen LogP contribution in [0.15, 0.2) is 0 Å². The van der Waals surface area contributed by atoms with Crippen LogP contribution in [0, 0.1) is 5.41 Å². The smallest absolute Gasteiger partial charge is 0.229 e. The molecule has 2 aliphatic heterocycles. The summed E-state index contributed by atoms with van der Waals surface area (Å²) in [5.74, 6) is 0.151. The minimum Gasteiger partial charge on any atom is -0.376 e. The standard InChI is InChI=1S/C16H30N2O3/c1-3-16(2,12-17)15(19)18(10-13-6-4-8-20-13)11-14-7-5-9-21-14/h13-14H,3-12,17H2,1-2H3. The van der Waals surface area contributed by atoms with Crippen LogP contribution in [0.2, 0.25) is 0 Å². The van der Waals surface area contributed by atoms with E-state index in [2.05, 4.69) is 0 Å². The van der Waals surface area contributed by atoms with Crippen molar-refractivity contribution >= 4 is 5.91 Å². The average Bonchev–Trinajstić information content (AvgIpc) is 3.18. The summed E-state index contributed by atoms with van der Waals surface area (Å²) in [5, 5.41) is 0. The molecular formula is C16H30N2O3. The second-order valence-electron chi connectivity index (χ2n) is 6.60. The lowest BCUT2D eigenvalue weighted by atomic mass is 9.85. The normalized spacial score (nSPS) is 28.5. The van der Waals surface area contributed by atoms with E-state index in [0.29, 0.717) is 19.6 Å². The summed E-state index contributed by atoms with van der Waals surface area (Å²) in [6, 6.07) is 0. The Hall–Kier alpha value is -0.650. The average molecular weight is 298 g/mol. The number of nitrogens with zero attached hydrogens (tertiary/aromatic N) is 1. The molecule has 2 rings (SSSR count). The van der Waals surface area contributed by atoms with Crippen molar-refractivity contribution in [3.05, 3.63) is 0 Å². The molecule has 0 spiro atoms. The predicted molar refractivity (Wildman–Crippen MR) is 82.0 cm³/mol. The molecule has 0 aromatic rings. The summed E-state index contributed by atoms with van der Waals surface area (Å²) in [7, 11) is 0. The lowest BCUT2D eigenvalue weighted by Gasteiger charge is -2.35. The van der Waals surface area contributed by atoms with Crippen LogP contribution in [0.4, 0.5) is 0 Å². The molecule has 3 atom stereocenters. The molecule has 0 saturated carbocycles. The van der Waals surface area contributed by atoms with E-state index in [0.717, 1.165) is 45.3 Å². The molecule has 2 fully saturated rings. The number of carbonyl (C=O) groups excluding carboxylic acids is 1. The quantitative estimate of drug-likeness (QED) is 0.774. The highest BCUT2D eigenvalue weighted by molar-refractivity contribution is 5.82. The Morgan fingerprint density at radius 3 is 2.05 bits per heavy atom. The molecule has 0 radical (unpaired) electrons. The zero-order valence-corrected chi connectivity index (χ0v) is 13.5. The van der Waals surface area contributed by atoms with Crippen LogP contribution in [0.1, 0.15) is 46.0 Å². The second kappa shape index (κ2) is 7.56. The number of hydrogen-bond donors (Lipinski definition) is 1. The predicted octanol–water partition coefficient (Wildman–Crippen LogP) is 1.55. The second-order valence-corrected chi connectivity index (χ2v) is 6.60. The largest absolute Gasteiger partial charge is 0.376 e. The van der Waals surface area contributed by atoms with Crippen molar-refractivity contribution in [3.8, 4) is 0 Å². The molecule has 1 amide bonds. The van der Waals surface area contributed by atoms with Gasteiger partial charge in [0.05, 0.1) is 17.6 Å². The Labute approximate surface area is 128 Å². The van der Waals surface area contributed by atoms with E-state index in [9.17, 15) is 4.79 Å². The van der Waals surface area contributed by atoms with Gasteiger partial charge < -0.3 is 20.1 Å². The van der Waals surface area contributed by atoms with Crippen LogP contribution in [-0.4, -0.2) is 55.9 Å². The van der Waals surface area contributed by atoms with Gasteiger partial charge in [-0.3, -0.25) is 4.79 Å². The highest BCUT2D eigenvalue weighted by Gasteiger charge is 2.36. The van der Waals surface area contributed by atoms with E-state index in [4.69, 9.17) is 15.2 Å². The van der Waals surface area contributed by atoms with Crippen LogP contribution < -0.4 is 5.73 Å². The monoisotopic (exact) mass is 298 g/mol. The molecule has 21 heavy (non-hydrogen) atoms. The summed E-state index contributed by atoms with van der Waals surface area (Å²) in [5.41, 5.74) is 5.39. The summed E-state index contributed by atoms with van der Waals surface area (Å²) in [6.07, 6.45) is 5.38. The number of rotatable bonds is 7. The summed E-state index contributed by atoms with van der Waals surface area (Å²) < 4.78 is 11.4. The molecule has 5 nitrogen and oxygen atoms in total. The van der Waals surface area contributed by atoms with Gasteiger partial charge in [0.1, 0.15) is 0 Å². The van der Waals surface area contributed by atoms with E-state index in [-0.39, 0.29) is 18.1 Å². The molecule has 3 unspecified atom stereocenters. The zero-order valence-electron chi connectivity index (χ0n) is 13.5. The van der Waals surface area contributed by atoms with E-state index in [1.165, 1.54) is 0 Å². The van der Waals surface area contributed by atoms with Gasteiger partial charge in [0.15, 0.2) is 0 Å². The molecule has 2 saturated heterocycles. The third-order valence-electron chi connectivity index (χ3n) is 4.93. The molecule has 2 N–H and O–H groups in total. The fourth-order valence-electron chi connectivity index (χ4n) is 3.07. The van der Waals surface area contributed by atoms with Crippen molar-refractivity contribution in [3.63, 3.8) is 0 Å². The first-order valence-electron chi connectivity index (χ1n) is 8.31. The minimum atomic E-state index is -0.475. The lowest BCUT2D eigenvalue weighted by Crippen LogP contribution is -2.50. The molecule has 2 heterocycles. The first kappa shape index (κ1) is 16.7. The van der Waals surface area contributed by atoms with E-state index in [1.807, 2.05) is 18.7 Å². The van der Waals surface area contributed by atoms with Crippen molar-refractivity contribution in [2.75, 3.05) is 32.8 Å². The van der Waals surface area contributed by atoms with Crippen molar-refractivity contribution in [1.82, 2.24) is 4.90 Å². The van der Waals surface area contributed by atoms with E-state index >= 15 is 0 Å². The van der Waals surface area contributed by atoms with Gasteiger partial charge in [0, 0.05) is 32.8 Å². The van der Waals surface area contributed by atoms with Gasteiger partial charge in [0.25, 0.3) is 0 Å². The maximum absolute atomic E-state index is 12.9. The van der Waals surface area contributed by atoms with Crippen molar-refractivity contribution < 1.29 is 14.3 Å². The number of hydrogen-bond acceptors (Lipinski definition) is 4. The Morgan fingerprint density at radius 2 is 1.71 bits per heavy atom. The molecule has 0 bridgehead atoms. The number of amides is 1. The van der Waals surface area contributed by atoms with Gasteiger partial charge >= 0.3 is 0 Å². The number of ether oxygens (including phenoxy) is 2. The van der Waals surface area contributed by atoms with Crippen molar-refractivity contribution in [2.45, 2.75) is 58.2 Å². The maximum atomic E-state index is 12.9. The van der Waals surface area contributed by atoms with Gasteiger partial charge in [-0.25, -0.2) is 0 Å². The fraction of sp³-hybridized carbons (Fsp3) is 0.938. The van der Waals surface area contributed by atoms with Crippen molar-refractivity contribution in [2.24, 2.45) is 11.1 Å². The van der Waals surface area contributed by atoms with Gasteiger partial charge in [0.2, 0.25) is 5.91 Å². The van der Waals surface area contributed by atoms with Crippen LogP contribution >= 0.6 is 0 Å². The van der Waals surface area contributed by atoms with Crippen LogP contribution in [-0.2, 0) is 14.3 Å². The molecule has 2 aliphatic rings. The summed E-state index contributed by atoms with van der Waals surface area (Å²) in [4.78, 5) is 14.9. The number of carbonyl (C=O) groups is 1. The third kappa shape index (κ3) is 4.18. The Balaban J connectivity index is 2.03. The highest BCUT2D eigenvalue weighted by Crippen LogP contribution is 2.25. The first-order valence-corrected chi connectivity index (χ1v) is 8.31. The van der Waals surface area contributed by atoms with Gasteiger partial charge in [-0.05, 0) is 39.0 Å². The minimum absolute atomic E-state index is 0.151. The Morgan fingerprint density at radius 1 is 1.19 bits per heavy atom. The molecule has 0 aliphatic carbocycles. The lowest BCUT2D eigenvalue weighted by molar-refractivity contribution is -0.144. The molecule has 5 heteroatoms. The van der Waals surface area contributed by atoms with Gasteiger partial charge in [-0.15, -0.1) is 0 Å². The van der Waals surface area contributed by atoms with E-state index < -0.39 is 5.41 Å². The topological polar surface area (TPSA) is 64.8 Å². The van der Waals surface area contributed by atoms with Crippen LogP contribution in [0.25, 0.3) is 0 Å². The van der Waals surface area contributed by atoms with Gasteiger partial charge in [-0.1, -0.05) is 6.92 Å². The van der Waals surface area contributed by atoms with E-state index in [1.54, 1.807) is 0 Å². The van der Waals surface area contributed by atoms with Crippen molar-refractivity contribution in [1.29, 1.82) is 0 Å². The third-order valence-corrected chi connectivity index (χ3v) is 4.93. The summed E-state index contributed by atoms with van der Waals surface area (Å²) >= 11 is 0. The van der Waals surface area contributed by atoms with Crippen LogP contribution in [0.3, 0.4) is 0 Å². The SMILES string of the molecule is CCC(C)(CN)C(=O)N(CC1CCCO1)CC1CCCO1. The maximum Gasteiger partial charge on any atom is 0.229 e. The summed E-state index contributed by atoms with van der Waals surface area (Å²) in [6.45, 7) is 7.36. The fourth-order valence-corrected chi connectivity index (χ4v) is 3.07. The molecule has 0 aromatic heterocycles. The van der Waals surface area contributed by atoms with Crippen LogP contribution in [0.5, 0.6) is 0 Å². The van der Waals surface area contributed by atoms with Gasteiger partial charge in [-0.2, -0.15) is 0 Å². The molecular weight excluding hydrogens is 268 g/mol. The highest BCUT2D eigenvalue weighted by atomic mass is 16.5. The Kier molecular flexibility index (Phi) is 6.02. The zero-order chi connectivity index (χ0) is 15.3. The Bertz CT molecular complexity index is 314. The number of nitrogens with two attached hydrogens (primary N) is 1. The first-order chi connectivity index (χ1) is 10.1.